The van der Waals surface area contributed by atoms with E-state index < -0.39 is 0 Å². The van der Waals surface area contributed by atoms with Gasteiger partial charge in [0.15, 0.2) is 10.6 Å². The highest BCUT2D eigenvalue weighted by Crippen LogP contribution is 2.26. The van der Waals surface area contributed by atoms with Gasteiger partial charge in [-0.1, -0.05) is 36.7 Å². The monoisotopic (exact) mass is 405 g/mol. The van der Waals surface area contributed by atoms with Gasteiger partial charge in [-0.15, -0.1) is 11.3 Å². The van der Waals surface area contributed by atoms with Gasteiger partial charge < -0.3 is 4.98 Å². The van der Waals surface area contributed by atoms with Crippen molar-refractivity contribution in [3.63, 3.8) is 0 Å². The lowest BCUT2D eigenvalue weighted by molar-refractivity contribution is 0.102. The van der Waals surface area contributed by atoms with E-state index in [9.17, 15) is 9.59 Å². The summed E-state index contributed by atoms with van der Waals surface area (Å²) >= 11 is 4.71. The van der Waals surface area contributed by atoms with E-state index in [1.54, 1.807) is 12.1 Å². The Bertz CT molecular complexity index is 985. The van der Waals surface area contributed by atoms with Crippen LogP contribution in [-0.2, 0) is 5.41 Å². The molecule has 0 unspecified atom stereocenters. The number of anilines is 1. The van der Waals surface area contributed by atoms with E-state index in [2.05, 4.69) is 52.0 Å². The number of pyridine rings is 1. The third-order valence-electron chi connectivity index (χ3n) is 3.53. The Kier molecular flexibility index (Phi) is 4.31. The predicted molar refractivity (Wildman–Crippen MR) is 101 cm³/mol. The second-order valence-electron chi connectivity index (χ2n) is 6.48. The largest absolute Gasteiger partial charge is 0.350 e. The number of hydrogen-bond acceptors (Lipinski definition) is 4. The van der Waals surface area contributed by atoms with Gasteiger partial charge in [-0.25, -0.2) is 4.98 Å². The average molecular weight is 406 g/mol. The van der Waals surface area contributed by atoms with Crippen LogP contribution in [0.25, 0.3) is 10.9 Å². The first-order valence-electron chi connectivity index (χ1n) is 7.34. The molecule has 2 heterocycles. The standard InChI is InChI=1S/C17H16BrN3O2S/c1-17(2,3)14-8-24-16(20-14)21-15(23)12-7-13(22)10-6-9(18)4-5-11(10)19-12/h4-8H,1-3H3,(H,19,22)(H,20,21,23). The van der Waals surface area contributed by atoms with E-state index in [-0.39, 0.29) is 22.4 Å². The van der Waals surface area contributed by atoms with Crippen molar-refractivity contribution in [2.75, 3.05) is 5.32 Å². The maximum absolute atomic E-state index is 12.4. The summed E-state index contributed by atoms with van der Waals surface area (Å²) in [5.41, 5.74) is 1.46. The van der Waals surface area contributed by atoms with E-state index >= 15 is 0 Å². The topological polar surface area (TPSA) is 74.8 Å². The number of aromatic amines is 1. The molecular formula is C17H16BrN3O2S. The molecule has 2 aromatic heterocycles. The van der Waals surface area contributed by atoms with Gasteiger partial charge in [0.2, 0.25) is 0 Å². The minimum absolute atomic E-state index is 0.0792. The molecule has 0 atom stereocenters. The normalized spacial score (nSPS) is 11.7. The number of benzene rings is 1. The molecule has 2 N–H and O–H groups in total. The maximum atomic E-state index is 12.4. The predicted octanol–water partition coefficient (Wildman–Crippen LogP) is 4.30. The van der Waals surface area contributed by atoms with Crippen molar-refractivity contribution in [2.45, 2.75) is 26.2 Å². The Morgan fingerprint density at radius 2 is 2.04 bits per heavy atom. The quantitative estimate of drug-likeness (QED) is 0.667. The zero-order chi connectivity index (χ0) is 17.5. The number of thiazole rings is 1. The van der Waals surface area contributed by atoms with Gasteiger partial charge in [0.25, 0.3) is 5.91 Å². The van der Waals surface area contributed by atoms with Crippen LogP contribution >= 0.6 is 27.3 Å². The number of nitrogens with zero attached hydrogens (tertiary/aromatic N) is 1. The Morgan fingerprint density at radius 3 is 2.71 bits per heavy atom. The summed E-state index contributed by atoms with van der Waals surface area (Å²) in [6, 6.07) is 6.61. The van der Waals surface area contributed by atoms with Crippen molar-refractivity contribution in [2.24, 2.45) is 0 Å². The number of amides is 1. The van der Waals surface area contributed by atoms with Crippen LogP contribution in [0.2, 0.25) is 0 Å². The lowest BCUT2D eigenvalue weighted by Crippen LogP contribution is -2.17. The van der Waals surface area contributed by atoms with Crippen LogP contribution in [-0.4, -0.2) is 15.9 Å². The number of carbonyl (C=O) groups excluding carboxylic acids is 1. The summed E-state index contributed by atoms with van der Waals surface area (Å²) < 4.78 is 0.815. The maximum Gasteiger partial charge on any atom is 0.274 e. The summed E-state index contributed by atoms with van der Waals surface area (Å²) in [5, 5.41) is 5.72. The number of hydrogen-bond donors (Lipinski definition) is 2. The molecule has 0 bridgehead atoms. The summed E-state index contributed by atoms with van der Waals surface area (Å²) in [7, 11) is 0. The van der Waals surface area contributed by atoms with Crippen LogP contribution in [0.4, 0.5) is 5.13 Å². The molecule has 1 amide bonds. The fourth-order valence-corrected chi connectivity index (χ4v) is 3.48. The number of aromatic nitrogens is 2. The third kappa shape index (κ3) is 3.42. The van der Waals surface area contributed by atoms with Crippen molar-refractivity contribution in [3.05, 3.63) is 55.7 Å². The fourth-order valence-electron chi connectivity index (χ4n) is 2.18. The molecule has 124 valence electrons. The average Bonchev–Trinajstić information content (AvgIpc) is 2.96. The van der Waals surface area contributed by atoms with Crippen LogP contribution in [0, 0.1) is 0 Å². The minimum Gasteiger partial charge on any atom is -0.350 e. The molecule has 0 spiro atoms. The molecule has 1 aromatic carbocycles. The Balaban J connectivity index is 1.90. The first-order chi connectivity index (χ1) is 11.2. The van der Waals surface area contributed by atoms with Crippen LogP contribution in [0.5, 0.6) is 0 Å². The molecule has 5 nitrogen and oxygen atoms in total. The molecule has 3 rings (SSSR count). The molecule has 0 aliphatic rings. The smallest absolute Gasteiger partial charge is 0.274 e. The molecule has 0 saturated heterocycles. The minimum atomic E-state index is -0.383. The van der Waals surface area contributed by atoms with Crippen molar-refractivity contribution >= 4 is 49.2 Å². The molecule has 24 heavy (non-hydrogen) atoms. The van der Waals surface area contributed by atoms with Gasteiger partial charge in [0.1, 0.15) is 5.69 Å². The highest BCUT2D eigenvalue weighted by molar-refractivity contribution is 9.10. The molecule has 0 fully saturated rings. The van der Waals surface area contributed by atoms with Crippen molar-refractivity contribution in [3.8, 4) is 0 Å². The summed E-state index contributed by atoms with van der Waals surface area (Å²) in [6.07, 6.45) is 0. The molecule has 0 radical (unpaired) electrons. The molecule has 3 aromatic rings. The number of rotatable bonds is 2. The zero-order valence-corrected chi connectivity index (χ0v) is 15.8. The number of nitrogens with one attached hydrogen (secondary N) is 2. The molecular weight excluding hydrogens is 390 g/mol. The highest BCUT2D eigenvalue weighted by Gasteiger charge is 2.19. The number of fused-ring (bicyclic) bond motifs is 1. The van der Waals surface area contributed by atoms with Gasteiger partial charge in [-0.2, -0.15) is 0 Å². The van der Waals surface area contributed by atoms with E-state index in [1.807, 2.05) is 11.4 Å². The molecule has 0 aliphatic carbocycles. The van der Waals surface area contributed by atoms with E-state index in [0.717, 1.165) is 10.2 Å². The highest BCUT2D eigenvalue weighted by atomic mass is 79.9. The second kappa shape index (κ2) is 6.14. The number of H-pyrrole nitrogens is 1. The van der Waals surface area contributed by atoms with Gasteiger partial charge in [-0.3, -0.25) is 14.9 Å². The van der Waals surface area contributed by atoms with Gasteiger partial charge >= 0.3 is 0 Å². The van der Waals surface area contributed by atoms with Gasteiger partial charge in [-0.05, 0) is 18.2 Å². The van der Waals surface area contributed by atoms with E-state index in [4.69, 9.17) is 0 Å². The molecule has 0 aliphatic heterocycles. The fraction of sp³-hybridized carbons (Fsp3) is 0.235. The van der Waals surface area contributed by atoms with Crippen molar-refractivity contribution in [1.29, 1.82) is 0 Å². The van der Waals surface area contributed by atoms with Gasteiger partial charge in [0, 0.05) is 32.2 Å². The number of carbonyl (C=O) groups is 1. The molecule has 0 saturated carbocycles. The lowest BCUT2D eigenvalue weighted by atomic mass is 9.93. The van der Waals surface area contributed by atoms with E-state index in [1.165, 1.54) is 17.4 Å². The Morgan fingerprint density at radius 1 is 1.29 bits per heavy atom. The lowest BCUT2D eigenvalue weighted by Gasteiger charge is -2.14. The number of halogens is 1. The van der Waals surface area contributed by atoms with E-state index in [0.29, 0.717) is 16.0 Å². The Labute approximate surface area is 151 Å². The summed E-state index contributed by atoms with van der Waals surface area (Å²) in [5.74, 6) is -0.383. The van der Waals surface area contributed by atoms with Crippen molar-refractivity contribution in [1.82, 2.24) is 9.97 Å². The van der Waals surface area contributed by atoms with Crippen LogP contribution in [0.3, 0.4) is 0 Å². The van der Waals surface area contributed by atoms with Crippen LogP contribution in [0.1, 0.15) is 37.0 Å². The summed E-state index contributed by atoms with van der Waals surface area (Å²) in [4.78, 5) is 32.1. The summed E-state index contributed by atoms with van der Waals surface area (Å²) in [6.45, 7) is 6.19. The zero-order valence-electron chi connectivity index (χ0n) is 13.4. The second-order valence-corrected chi connectivity index (χ2v) is 8.25. The Hall–Kier alpha value is -1.99. The van der Waals surface area contributed by atoms with Crippen molar-refractivity contribution < 1.29 is 4.79 Å². The molecule has 7 heteroatoms. The third-order valence-corrected chi connectivity index (χ3v) is 4.78. The van der Waals surface area contributed by atoms with Crippen LogP contribution in [0.15, 0.2) is 38.9 Å². The van der Waals surface area contributed by atoms with Crippen LogP contribution < -0.4 is 10.7 Å². The SMILES string of the molecule is CC(C)(C)c1csc(NC(=O)c2cc(=O)c3cc(Br)ccc3[nH]2)n1. The first kappa shape index (κ1) is 16.9. The van der Waals surface area contributed by atoms with Gasteiger partial charge in [0.05, 0.1) is 5.69 Å². The first-order valence-corrected chi connectivity index (χ1v) is 9.01.